The highest BCUT2D eigenvalue weighted by Gasteiger charge is 2.08. The molecule has 0 aliphatic carbocycles. The summed E-state index contributed by atoms with van der Waals surface area (Å²) in [4.78, 5) is 16.0. The standard InChI is InChI=1S/C13H16N2O/c1-10(2)7-11(16)8-15-9-14-12-5-3-4-6-13(12)15/h3-6,9-10H,7-8H2,1-2H3. The van der Waals surface area contributed by atoms with E-state index in [1.165, 1.54) is 0 Å². The number of para-hydroxylation sites is 2. The number of benzene rings is 1. The Morgan fingerprint density at radius 2 is 2.12 bits per heavy atom. The Morgan fingerprint density at radius 3 is 2.88 bits per heavy atom. The first-order valence-electron chi connectivity index (χ1n) is 5.58. The number of hydrogen-bond donors (Lipinski definition) is 0. The number of aromatic nitrogens is 2. The molecule has 3 heteroatoms. The molecule has 1 aromatic carbocycles. The van der Waals surface area contributed by atoms with Gasteiger partial charge in [0.05, 0.1) is 23.9 Å². The molecule has 0 saturated heterocycles. The molecule has 0 N–H and O–H groups in total. The molecule has 2 rings (SSSR count). The van der Waals surface area contributed by atoms with Crippen molar-refractivity contribution in [2.75, 3.05) is 0 Å². The van der Waals surface area contributed by atoms with Gasteiger partial charge in [0.25, 0.3) is 0 Å². The van der Waals surface area contributed by atoms with Crippen LogP contribution in [0.25, 0.3) is 11.0 Å². The van der Waals surface area contributed by atoms with Crippen molar-refractivity contribution in [3.63, 3.8) is 0 Å². The van der Waals surface area contributed by atoms with Crippen LogP contribution in [0.1, 0.15) is 20.3 Å². The summed E-state index contributed by atoms with van der Waals surface area (Å²) < 4.78 is 1.92. The molecule has 0 aliphatic heterocycles. The Bertz CT molecular complexity index is 499. The lowest BCUT2D eigenvalue weighted by Gasteiger charge is -2.05. The molecule has 0 spiro atoms. The van der Waals surface area contributed by atoms with E-state index in [-0.39, 0.29) is 5.78 Å². The molecule has 0 saturated carbocycles. The minimum Gasteiger partial charge on any atom is -0.323 e. The molecule has 0 unspecified atom stereocenters. The zero-order valence-electron chi connectivity index (χ0n) is 9.68. The lowest BCUT2D eigenvalue weighted by Crippen LogP contribution is -2.11. The van der Waals surface area contributed by atoms with Crippen LogP contribution in [0.15, 0.2) is 30.6 Å². The largest absolute Gasteiger partial charge is 0.323 e. The lowest BCUT2D eigenvalue weighted by molar-refractivity contribution is -0.120. The molecule has 0 atom stereocenters. The van der Waals surface area contributed by atoms with Crippen molar-refractivity contribution in [3.05, 3.63) is 30.6 Å². The fraction of sp³-hybridized carbons (Fsp3) is 0.385. The van der Waals surface area contributed by atoms with Gasteiger partial charge in [-0.15, -0.1) is 0 Å². The number of ketones is 1. The van der Waals surface area contributed by atoms with Crippen LogP contribution in [0.5, 0.6) is 0 Å². The number of rotatable bonds is 4. The Hall–Kier alpha value is -1.64. The molecule has 84 valence electrons. The molecule has 0 radical (unpaired) electrons. The van der Waals surface area contributed by atoms with Gasteiger partial charge in [-0.3, -0.25) is 4.79 Å². The van der Waals surface area contributed by atoms with Crippen LogP contribution >= 0.6 is 0 Å². The van der Waals surface area contributed by atoms with Gasteiger partial charge in [0.1, 0.15) is 0 Å². The highest BCUT2D eigenvalue weighted by atomic mass is 16.1. The molecular formula is C13H16N2O. The summed E-state index contributed by atoms with van der Waals surface area (Å²) in [7, 11) is 0. The quantitative estimate of drug-likeness (QED) is 0.787. The van der Waals surface area contributed by atoms with Crippen molar-refractivity contribution in [2.24, 2.45) is 5.92 Å². The smallest absolute Gasteiger partial charge is 0.152 e. The lowest BCUT2D eigenvalue weighted by atomic mass is 10.1. The van der Waals surface area contributed by atoms with E-state index in [1.807, 2.05) is 28.8 Å². The van der Waals surface area contributed by atoms with Crippen molar-refractivity contribution in [2.45, 2.75) is 26.8 Å². The number of nitrogens with zero attached hydrogens (tertiary/aromatic N) is 2. The number of fused-ring (bicyclic) bond motifs is 1. The van der Waals surface area contributed by atoms with Gasteiger partial charge in [-0.05, 0) is 18.1 Å². The zero-order chi connectivity index (χ0) is 11.5. The van der Waals surface area contributed by atoms with Crippen molar-refractivity contribution >= 4 is 16.8 Å². The van der Waals surface area contributed by atoms with Crippen molar-refractivity contribution in [3.8, 4) is 0 Å². The van der Waals surface area contributed by atoms with Gasteiger partial charge in [-0.25, -0.2) is 4.98 Å². The Morgan fingerprint density at radius 1 is 1.38 bits per heavy atom. The van der Waals surface area contributed by atoms with E-state index in [9.17, 15) is 4.79 Å². The second-order valence-corrected chi connectivity index (χ2v) is 4.50. The van der Waals surface area contributed by atoms with Gasteiger partial charge in [0.2, 0.25) is 0 Å². The number of carbonyl (C=O) groups excluding carboxylic acids is 1. The normalized spacial score (nSPS) is 11.2. The van der Waals surface area contributed by atoms with E-state index in [2.05, 4.69) is 18.8 Å². The molecule has 0 amide bonds. The minimum absolute atomic E-state index is 0.262. The summed E-state index contributed by atoms with van der Waals surface area (Å²) in [6, 6.07) is 7.87. The second kappa shape index (κ2) is 4.47. The fourth-order valence-corrected chi connectivity index (χ4v) is 1.85. The van der Waals surface area contributed by atoms with Crippen molar-refractivity contribution in [1.82, 2.24) is 9.55 Å². The predicted molar refractivity (Wildman–Crippen MR) is 64.2 cm³/mol. The topological polar surface area (TPSA) is 34.9 Å². The molecule has 0 bridgehead atoms. The maximum absolute atomic E-state index is 11.7. The number of Topliss-reactive ketones (excluding diaryl/α,β-unsaturated/α-hetero) is 1. The minimum atomic E-state index is 0.262. The first kappa shape index (κ1) is 10.9. The van der Waals surface area contributed by atoms with E-state index in [1.54, 1.807) is 6.33 Å². The van der Waals surface area contributed by atoms with Gasteiger partial charge in [-0.1, -0.05) is 26.0 Å². The summed E-state index contributed by atoms with van der Waals surface area (Å²) in [5.74, 6) is 0.681. The van der Waals surface area contributed by atoms with E-state index < -0.39 is 0 Å². The van der Waals surface area contributed by atoms with Crippen LogP contribution in [0.2, 0.25) is 0 Å². The predicted octanol–water partition coefficient (Wildman–Crippen LogP) is 2.65. The van der Waals surface area contributed by atoms with Crippen LogP contribution in [-0.2, 0) is 11.3 Å². The van der Waals surface area contributed by atoms with Crippen molar-refractivity contribution < 1.29 is 4.79 Å². The van der Waals surface area contributed by atoms with E-state index in [0.717, 1.165) is 11.0 Å². The van der Waals surface area contributed by atoms with Crippen molar-refractivity contribution in [1.29, 1.82) is 0 Å². The van der Waals surface area contributed by atoms with Crippen LogP contribution < -0.4 is 0 Å². The van der Waals surface area contributed by atoms with E-state index >= 15 is 0 Å². The number of imidazole rings is 1. The first-order chi connectivity index (χ1) is 7.66. The molecule has 1 aromatic heterocycles. The molecule has 0 aliphatic rings. The van der Waals surface area contributed by atoms with Gasteiger partial charge in [0, 0.05) is 6.42 Å². The number of hydrogen-bond acceptors (Lipinski definition) is 2. The average molecular weight is 216 g/mol. The monoisotopic (exact) mass is 216 g/mol. The molecular weight excluding hydrogens is 200 g/mol. The summed E-state index contributed by atoms with van der Waals surface area (Å²) in [5.41, 5.74) is 1.97. The van der Waals surface area contributed by atoms with E-state index in [4.69, 9.17) is 0 Å². The van der Waals surface area contributed by atoms with E-state index in [0.29, 0.717) is 18.9 Å². The molecule has 0 fully saturated rings. The van der Waals surface area contributed by atoms with Crippen LogP contribution in [-0.4, -0.2) is 15.3 Å². The Labute approximate surface area is 95.1 Å². The summed E-state index contributed by atoms with van der Waals surface area (Å²) in [6.07, 6.45) is 2.37. The fourth-order valence-electron chi connectivity index (χ4n) is 1.85. The number of carbonyl (C=O) groups is 1. The Balaban J connectivity index is 2.18. The third-order valence-electron chi connectivity index (χ3n) is 2.51. The third-order valence-corrected chi connectivity index (χ3v) is 2.51. The highest BCUT2D eigenvalue weighted by molar-refractivity contribution is 5.81. The van der Waals surface area contributed by atoms with Gasteiger partial charge >= 0.3 is 0 Å². The average Bonchev–Trinajstić information content (AvgIpc) is 2.61. The van der Waals surface area contributed by atoms with Gasteiger partial charge < -0.3 is 4.57 Å². The SMILES string of the molecule is CC(C)CC(=O)Cn1cnc2ccccc21. The molecule has 1 heterocycles. The highest BCUT2D eigenvalue weighted by Crippen LogP contribution is 2.12. The molecule has 16 heavy (non-hydrogen) atoms. The maximum Gasteiger partial charge on any atom is 0.152 e. The van der Waals surface area contributed by atoms with Crippen LogP contribution in [0.4, 0.5) is 0 Å². The van der Waals surface area contributed by atoms with Gasteiger partial charge in [0.15, 0.2) is 5.78 Å². The summed E-state index contributed by atoms with van der Waals surface area (Å²) in [6.45, 7) is 4.55. The summed E-state index contributed by atoms with van der Waals surface area (Å²) in [5, 5.41) is 0. The third kappa shape index (κ3) is 2.30. The van der Waals surface area contributed by atoms with Crippen LogP contribution in [0.3, 0.4) is 0 Å². The second-order valence-electron chi connectivity index (χ2n) is 4.50. The Kier molecular flexibility index (Phi) is 3.04. The summed E-state index contributed by atoms with van der Waals surface area (Å²) >= 11 is 0. The van der Waals surface area contributed by atoms with Crippen LogP contribution in [0, 0.1) is 5.92 Å². The van der Waals surface area contributed by atoms with Gasteiger partial charge in [-0.2, -0.15) is 0 Å². The zero-order valence-corrected chi connectivity index (χ0v) is 9.68. The first-order valence-corrected chi connectivity index (χ1v) is 5.58. The maximum atomic E-state index is 11.7. The molecule has 2 aromatic rings. The molecule has 3 nitrogen and oxygen atoms in total.